The third kappa shape index (κ3) is 5.61. The molecule has 1 saturated carbocycles. The molecule has 2 amide bonds. The summed E-state index contributed by atoms with van der Waals surface area (Å²) in [5, 5.41) is 0. The van der Waals surface area contributed by atoms with E-state index in [4.69, 9.17) is 4.74 Å². The molecule has 2 atom stereocenters. The molecule has 1 saturated heterocycles. The highest BCUT2D eigenvalue weighted by Crippen LogP contribution is 2.45. The van der Waals surface area contributed by atoms with Crippen molar-refractivity contribution in [2.24, 2.45) is 5.92 Å². The first-order valence-electron chi connectivity index (χ1n) is 10.1. The number of carbonyl (C=O) groups is 2. The van der Waals surface area contributed by atoms with E-state index in [2.05, 4.69) is 51.8 Å². The number of hydrogen-bond acceptors (Lipinski definition) is 3. The van der Waals surface area contributed by atoms with E-state index in [9.17, 15) is 9.59 Å². The van der Waals surface area contributed by atoms with E-state index in [1.54, 1.807) is 11.8 Å². The molecule has 1 heterocycles. The molecule has 0 aromatic heterocycles. The quantitative estimate of drug-likeness (QED) is 0.569. The van der Waals surface area contributed by atoms with Crippen LogP contribution in [0.1, 0.15) is 58.4 Å². The average molecular weight is 498 g/mol. The van der Waals surface area contributed by atoms with Crippen LogP contribution in [0.25, 0.3) is 0 Å². The highest BCUT2D eigenvalue weighted by atomic mass is 127. The van der Waals surface area contributed by atoms with Gasteiger partial charge in [-0.3, -0.25) is 4.79 Å². The zero-order chi connectivity index (χ0) is 20.5. The van der Waals surface area contributed by atoms with Crippen molar-refractivity contribution in [1.29, 1.82) is 0 Å². The average Bonchev–Trinajstić information content (AvgIpc) is 3.39. The van der Waals surface area contributed by atoms with E-state index < -0.39 is 5.60 Å². The van der Waals surface area contributed by atoms with Gasteiger partial charge in [0.25, 0.3) is 0 Å². The first-order chi connectivity index (χ1) is 13.1. The molecule has 0 N–H and O–H groups in total. The molecule has 154 valence electrons. The first-order valence-corrected chi connectivity index (χ1v) is 11.2. The maximum atomic E-state index is 12.3. The summed E-state index contributed by atoms with van der Waals surface area (Å²) in [7, 11) is 0. The maximum Gasteiger partial charge on any atom is 0.410 e. The third-order valence-corrected chi connectivity index (χ3v) is 6.30. The SMILES string of the molecule is CC(=O)N(CC1CCN(C(=O)OC(C)(C)C)CC1)[C@H]1C[C@@H]1c1ccc(I)cc1. The molecular weight excluding hydrogens is 467 g/mol. The van der Waals surface area contributed by atoms with Crippen LogP contribution < -0.4 is 0 Å². The molecule has 0 unspecified atom stereocenters. The molecular formula is C22H31IN2O3. The summed E-state index contributed by atoms with van der Waals surface area (Å²) < 4.78 is 6.71. The number of halogens is 1. The number of amides is 2. The van der Waals surface area contributed by atoms with Gasteiger partial charge in [-0.15, -0.1) is 0 Å². The predicted molar refractivity (Wildman–Crippen MR) is 118 cm³/mol. The fraction of sp³-hybridized carbons (Fsp3) is 0.636. The molecule has 1 aliphatic heterocycles. The smallest absolute Gasteiger partial charge is 0.410 e. The third-order valence-electron chi connectivity index (χ3n) is 5.58. The lowest BCUT2D eigenvalue weighted by molar-refractivity contribution is -0.130. The van der Waals surface area contributed by atoms with Crippen LogP contribution in [0.5, 0.6) is 0 Å². The number of likely N-dealkylation sites (tertiary alicyclic amines) is 1. The normalized spacial score (nSPS) is 22.7. The van der Waals surface area contributed by atoms with Crippen molar-refractivity contribution in [2.45, 2.75) is 64.5 Å². The van der Waals surface area contributed by atoms with Crippen LogP contribution in [0.3, 0.4) is 0 Å². The van der Waals surface area contributed by atoms with Crippen molar-refractivity contribution in [3.8, 4) is 0 Å². The van der Waals surface area contributed by atoms with Gasteiger partial charge < -0.3 is 14.5 Å². The van der Waals surface area contributed by atoms with Gasteiger partial charge in [0.05, 0.1) is 0 Å². The largest absolute Gasteiger partial charge is 0.444 e. The second-order valence-electron chi connectivity index (χ2n) is 9.04. The van der Waals surface area contributed by atoms with Crippen molar-refractivity contribution < 1.29 is 14.3 Å². The molecule has 2 aliphatic rings. The minimum atomic E-state index is -0.462. The Morgan fingerprint density at radius 3 is 2.32 bits per heavy atom. The van der Waals surface area contributed by atoms with Gasteiger partial charge in [0.15, 0.2) is 0 Å². The number of ether oxygens (including phenoxy) is 1. The van der Waals surface area contributed by atoms with Gasteiger partial charge in [-0.05, 0) is 86.2 Å². The van der Waals surface area contributed by atoms with Crippen molar-refractivity contribution >= 4 is 34.6 Å². The summed E-state index contributed by atoms with van der Waals surface area (Å²) >= 11 is 2.32. The number of hydrogen-bond donors (Lipinski definition) is 0. The molecule has 6 heteroatoms. The van der Waals surface area contributed by atoms with Crippen LogP contribution in [-0.2, 0) is 9.53 Å². The summed E-state index contributed by atoms with van der Waals surface area (Å²) in [6.45, 7) is 9.56. The predicted octanol–water partition coefficient (Wildman–Crippen LogP) is 4.64. The molecule has 28 heavy (non-hydrogen) atoms. The monoisotopic (exact) mass is 498 g/mol. The second kappa shape index (κ2) is 8.59. The Balaban J connectivity index is 1.52. The lowest BCUT2D eigenvalue weighted by Crippen LogP contribution is -2.44. The Kier molecular flexibility index (Phi) is 6.57. The summed E-state index contributed by atoms with van der Waals surface area (Å²) in [6.07, 6.45) is 2.67. The van der Waals surface area contributed by atoms with E-state index >= 15 is 0 Å². The number of piperidine rings is 1. The van der Waals surface area contributed by atoms with Gasteiger partial charge in [-0.1, -0.05) is 12.1 Å². The second-order valence-corrected chi connectivity index (χ2v) is 10.3. The number of nitrogens with zero attached hydrogens (tertiary/aromatic N) is 2. The molecule has 1 aromatic carbocycles. The van der Waals surface area contributed by atoms with Crippen molar-refractivity contribution in [3.63, 3.8) is 0 Å². The molecule has 2 fully saturated rings. The summed E-state index contributed by atoms with van der Waals surface area (Å²) in [5.74, 6) is 1.07. The summed E-state index contributed by atoms with van der Waals surface area (Å²) in [4.78, 5) is 28.4. The zero-order valence-corrected chi connectivity index (χ0v) is 19.4. The van der Waals surface area contributed by atoms with E-state index in [0.29, 0.717) is 31.0 Å². The van der Waals surface area contributed by atoms with Gasteiger partial charge in [0, 0.05) is 42.1 Å². The van der Waals surface area contributed by atoms with Crippen LogP contribution in [-0.4, -0.2) is 53.1 Å². The summed E-state index contributed by atoms with van der Waals surface area (Å²) in [6, 6.07) is 8.96. The van der Waals surface area contributed by atoms with E-state index in [1.807, 2.05) is 20.8 Å². The molecule has 3 rings (SSSR count). The minimum Gasteiger partial charge on any atom is -0.444 e. The van der Waals surface area contributed by atoms with E-state index in [0.717, 1.165) is 25.8 Å². The van der Waals surface area contributed by atoms with Gasteiger partial charge in [-0.25, -0.2) is 4.79 Å². The highest BCUT2D eigenvalue weighted by Gasteiger charge is 2.44. The Labute approximate surface area is 181 Å². The first kappa shape index (κ1) is 21.4. The summed E-state index contributed by atoms with van der Waals surface area (Å²) in [5.41, 5.74) is 0.868. The van der Waals surface area contributed by atoms with E-state index in [1.165, 1.54) is 9.13 Å². The Morgan fingerprint density at radius 1 is 1.18 bits per heavy atom. The highest BCUT2D eigenvalue weighted by molar-refractivity contribution is 14.1. The molecule has 0 radical (unpaired) electrons. The van der Waals surface area contributed by atoms with Gasteiger partial charge in [0.1, 0.15) is 5.60 Å². The molecule has 0 spiro atoms. The topological polar surface area (TPSA) is 49.9 Å². The fourth-order valence-corrected chi connectivity index (χ4v) is 4.35. The number of benzene rings is 1. The molecule has 1 aliphatic carbocycles. The van der Waals surface area contributed by atoms with Gasteiger partial charge in [0.2, 0.25) is 5.91 Å². The van der Waals surface area contributed by atoms with Gasteiger partial charge >= 0.3 is 6.09 Å². The molecule has 5 nitrogen and oxygen atoms in total. The van der Waals surface area contributed by atoms with Crippen LogP contribution in [0, 0.1) is 9.49 Å². The Hall–Kier alpha value is -1.31. The lowest BCUT2D eigenvalue weighted by Gasteiger charge is -2.35. The van der Waals surface area contributed by atoms with Crippen molar-refractivity contribution in [1.82, 2.24) is 9.80 Å². The molecule has 1 aromatic rings. The number of rotatable bonds is 4. The molecule has 0 bridgehead atoms. The van der Waals surface area contributed by atoms with Gasteiger partial charge in [-0.2, -0.15) is 0 Å². The maximum absolute atomic E-state index is 12.3. The van der Waals surface area contributed by atoms with Crippen LogP contribution >= 0.6 is 22.6 Å². The van der Waals surface area contributed by atoms with Crippen molar-refractivity contribution in [2.75, 3.05) is 19.6 Å². The lowest BCUT2D eigenvalue weighted by atomic mass is 9.96. The standard InChI is InChI=1S/C22H31IN2O3/c1-15(26)25(20-13-19(20)17-5-7-18(23)8-6-17)14-16-9-11-24(12-10-16)21(27)28-22(2,3)4/h5-8,16,19-20H,9-14H2,1-4H3/t19-,20+/m1/s1. The van der Waals surface area contributed by atoms with Crippen molar-refractivity contribution in [3.05, 3.63) is 33.4 Å². The zero-order valence-electron chi connectivity index (χ0n) is 17.3. The Bertz CT molecular complexity index is 705. The van der Waals surface area contributed by atoms with Crippen LogP contribution in [0.2, 0.25) is 0 Å². The Morgan fingerprint density at radius 2 is 1.79 bits per heavy atom. The van der Waals surface area contributed by atoms with Crippen LogP contribution in [0.15, 0.2) is 24.3 Å². The van der Waals surface area contributed by atoms with E-state index in [-0.39, 0.29) is 12.0 Å². The fourth-order valence-electron chi connectivity index (χ4n) is 3.99. The number of carbonyl (C=O) groups excluding carboxylic acids is 2. The minimum absolute atomic E-state index is 0.160. The van der Waals surface area contributed by atoms with Crippen LogP contribution in [0.4, 0.5) is 4.79 Å².